The second-order valence-electron chi connectivity index (χ2n) is 4.26. The Balaban J connectivity index is 3.75. The highest BCUT2D eigenvalue weighted by atomic mass is 32.2. The molecule has 0 aromatic heterocycles. The van der Waals surface area contributed by atoms with Crippen LogP contribution in [0.3, 0.4) is 0 Å². The van der Waals surface area contributed by atoms with Crippen LogP contribution in [0.25, 0.3) is 0 Å². The van der Waals surface area contributed by atoms with E-state index in [2.05, 4.69) is 10.6 Å². The number of carbonyl (C=O) groups is 5. The molecule has 0 saturated heterocycles. The first kappa shape index (κ1) is 19.3. The lowest BCUT2D eigenvalue weighted by Gasteiger charge is -2.05. The minimum atomic E-state index is -0.401. The zero-order valence-electron chi connectivity index (χ0n) is 12.2. The number of Topliss-reactive ketones (excluding diaryl/α,β-unsaturated/α-hetero) is 2. The number of hydrogen-bond acceptors (Lipinski definition) is 6. The van der Waals surface area contributed by atoms with Gasteiger partial charge in [-0.1, -0.05) is 18.7 Å². The highest BCUT2D eigenvalue weighted by Crippen LogP contribution is 1.99. The number of amides is 2. The van der Waals surface area contributed by atoms with Crippen molar-refractivity contribution in [3.8, 4) is 0 Å². The van der Waals surface area contributed by atoms with Crippen molar-refractivity contribution in [2.24, 2.45) is 0 Å². The third kappa shape index (κ3) is 11.8. The molecule has 118 valence electrons. The third-order valence-corrected chi connectivity index (χ3v) is 3.21. The summed E-state index contributed by atoms with van der Waals surface area (Å²) in [4.78, 5) is 55.7. The first-order valence-corrected chi connectivity index (χ1v) is 7.53. The van der Waals surface area contributed by atoms with E-state index < -0.39 is 5.91 Å². The molecule has 8 heteroatoms. The lowest BCUT2D eigenvalue weighted by Crippen LogP contribution is -2.33. The van der Waals surface area contributed by atoms with Gasteiger partial charge < -0.3 is 10.6 Å². The minimum Gasteiger partial charge on any atom is -0.349 e. The Morgan fingerprint density at radius 3 is 2.00 bits per heavy atom. The van der Waals surface area contributed by atoms with E-state index in [1.54, 1.807) is 6.92 Å². The van der Waals surface area contributed by atoms with Crippen LogP contribution in [0.15, 0.2) is 0 Å². The number of rotatable bonds is 10. The van der Waals surface area contributed by atoms with Gasteiger partial charge in [-0.25, -0.2) is 0 Å². The summed E-state index contributed by atoms with van der Waals surface area (Å²) >= 11 is 0.862. The Hall–Kier alpha value is -1.70. The van der Waals surface area contributed by atoms with Gasteiger partial charge in [0.15, 0.2) is 16.7 Å². The molecule has 21 heavy (non-hydrogen) atoms. The summed E-state index contributed by atoms with van der Waals surface area (Å²) in [6, 6.07) is 0. The quantitative estimate of drug-likeness (QED) is 0.579. The van der Waals surface area contributed by atoms with Crippen LogP contribution in [0, 0.1) is 0 Å². The SMILES string of the molecule is CCC(=O)CNC(=O)CCC(=O)CNC(=O)CSC(C)=O. The Morgan fingerprint density at radius 1 is 0.857 bits per heavy atom. The molecule has 2 N–H and O–H groups in total. The van der Waals surface area contributed by atoms with E-state index in [0.717, 1.165) is 11.8 Å². The largest absolute Gasteiger partial charge is 0.349 e. The van der Waals surface area contributed by atoms with Gasteiger partial charge in [-0.2, -0.15) is 0 Å². The second-order valence-corrected chi connectivity index (χ2v) is 5.42. The van der Waals surface area contributed by atoms with E-state index in [4.69, 9.17) is 0 Å². The molecule has 0 aromatic carbocycles. The number of nitrogens with one attached hydrogen (secondary N) is 2. The first-order chi connectivity index (χ1) is 9.85. The van der Waals surface area contributed by atoms with Gasteiger partial charge in [0.05, 0.1) is 18.8 Å². The third-order valence-electron chi connectivity index (χ3n) is 2.40. The van der Waals surface area contributed by atoms with Crippen molar-refractivity contribution in [3.63, 3.8) is 0 Å². The topological polar surface area (TPSA) is 109 Å². The van der Waals surface area contributed by atoms with Crippen LogP contribution in [0.2, 0.25) is 0 Å². The fraction of sp³-hybridized carbons (Fsp3) is 0.615. The molecule has 0 atom stereocenters. The minimum absolute atomic E-state index is 0.00766. The van der Waals surface area contributed by atoms with Gasteiger partial charge in [0.1, 0.15) is 0 Å². The number of hydrogen-bond donors (Lipinski definition) is 2. The normalized spacial score (nSPS) is 9.81. The fourth-order valence-corrected chi connectivity index (χ4v) is 1.60. The van der Waals surface area contributed by atoms with Crippen molar-refractivity contribution < 1.29 is 24.0 Å². The molecule has 0 aliphatic heterocycles. The van der Waals surface area contributed by atoms with Gasteiger partial charge in [0, 0.05) is 26.2 Å². The van der Waals surface area contributed by atoms with Crippen molar-refractivity contribution in [1.82, 2.24) is 10.6 Å². The maximum Gasteiger partial charge on any atom is 0.230 e. The van der Waals surface area contributed by atoms with E-state index in [1.165, 1.54) is 6.92 Å². The van der Waals surface area contributed by atoms with Crippen molar-refractivity contribution in [1.29, 1.82) is 0 Å². The van der Waals surface area contributed by atoms with E-state index >= 15 is 0 Å². The number of thioether (sulfide) groups is 1. The van der Waals surface area contributed by atoms with Crippen LogP contribution in [-0.2, 0) is 24.0 Å². The van der Waals surface area contributed by atoms with Gasteiger partial charge in [-0.15, -0.1) is 0 Å². The van der Waals surface area contributed by atoms with Crippen molar-refractivity contribution in [2.75, 3.05) is 18.8 Å². The summed E-state index contributed by atoms with van der Waals surface area (Å²) in [5.41, 5.74) is 0. The molecule has 0 heterocycles. The molecule has 0 unspecified atom stereocenters. The average Bonchev–Trinajstić information content (AvgIpc) is 2.45. The van der Waals surface area contributed by atoms with Crippen molar-refractivity contribution in [2.45, 2.75) is 33.1 Å². The molecule has 0 aromatic rings. The molecular weight excluding hydrogens is 296 g/mol. The summed E-state index contributed by atoms with van der Waals surface area (Å²) in [6.45, 7) is 2.86. The molecule has 0 saturated carbocycles. The van der Waals surface area contributed by atoms with Crippen molar-refractivity contribution >= 4 is 40.3 Å². The monoisotopic (exact) mass is 316 g/mol. The molecule has 2 amide bonds. The van der Waals surface area contributed by atoms with E-state index in [1.807, 2.05) is 0 Å². The second kappa shape index (κ2) is 11.0. The predicted octanol–water partition coefficient (Wildman–Crippen LogP) is -0.173. The molecule has 0 aliphatic rings. The van der Waals surface area contributed by atoms with Crippen molar-refractivity contribution in [3.05, 3.63) is 0 Å². The summed E-state index contributed by atoms with van der Waals surface area (Å²) in [5.74, 6) is -1.16. The predicted molar refractivity (Wildman–Crippen MR) is 78.7 cm³/mol. The lowest BCUT2D eigenvalue weighted by atomic mass is 10.2. The molecule has 7 nitrogen and oxygen atoms in total. The first-order valence-electron chi connectivity index (χ1n) is 6.55. The Bertz CT molecular complexity index is 423. The molecule has 0 fully saturated rings. The van der Waals surface area contributed by atoms with Crippen LogP contribution in [-0.4, -0.2) is 47.3 Å². The molecule has 0 bridgehead atoms. The highest BCUT2D eigenvalue weighted by Gasteiger charge is 2.10. The van der Waals surface area contributed by atoms with Gasteiger partial charge in [-0.05, 0) is 0 Å². The van der Waals surface area contributed by atoms with Gasteiger partial charge >= 0.3 is 0 Å². The molecular formula is C13H20N2O5S. The highest BCUT2D eigenvalue weighted by molar-refractivity contribution is 8.14. The van der Waals surface area contributed by atoms with Gasteiger partial charge in [0.25, 0.3) is 0 Å². The zero-order valence-corrected chi connectivity index (χ0v) is 13.0. The molecule has 0 aliphatic carbocycles. The number of carbonyl (C=O) groups excluding carboxylic acids is 5. The Labute approximate surface area is 127 Å². The van der Waals surface area contributed by atoms with Crippen LogP contribution < -0.4 is 10.6 Å². The van der Waals surface area contributed by atoms with Gasteiger partial charge in [0.2, 0.25) is 11.8 Å². The standard InChI is InChI=1S/C13H20N2O5S/c1-3-10(17)6-14-12(19)5-4-11(18)7-15-13(20)8-21-9(2)16/h3-8H2,1-2H3,(H,14,19)(H,15,20). The smallest absolute Gasteiger partial charge is 0.230 e. The fourth-order valence-electron chi connectivity index (χ4n) is 1.17. The zero-order chi connectivity index (χ0) is 16.3. The van der Waals surface area contributed by atoms with Gasteiger partial charge in [-0.3, -0.25) is 24.0 Å². The molecule has 0 rings (SSSR count). The Kier molecular flexibility index (Phi) is 10.1. The number of ketones is 2. The summed E-state index contributed by atoms with van der Waals surface area (Å²) in [5, 5.41) is 4.62. The Morgan fingerprint density at radius 2 is 1.43 bits per heavy atom. The molecule has 0 spiro atoms. The average molecular weight is 316 g/mol. The van der Waals surface area contributed by atoms with E-state index in [9.17, 15) is 24.0 Å². The molecule has 0 radical (unpaired) electrons. The van der Waals surface area contributed by atoms with Crippen LogP contribution in [0.5, 0.6) is 0 Å². The van der Waals surface area contributed by atoms with E-state index in [0.29, 0.717) is 6.42 Å². The maximum absolute atomic E-state index is 11.4. The van der Waals surface area contributed by atoms with Crippen LogP contribution in [0.1, 0.15) is 33.1 Å². The van der Waals surface area contributed by atoms with Crippen LogP contribution >= 0.6 is 11.8 Å². The maximum atomic E-state index is 11.4. The van der Waals surface area contributed by atoms with E-state index in [-0.39, 0.29) is 54.3 Å². The summed E-state index contributed by atoms with van der Waals surface area (Å²) < 4.78 is 0. The summed E-state index contributed by atoms with van der Waals surface area (Å²) in [7, 11) is 0. The van der Waals surface area contributed by atoms with Crippen LogP contribution in [0.4, 0.5) is 0 Å². The lowest BCUT2D eigenvalue weighted by molar-refractivity contribution is -0.127. The summed E-state index contributed by atoms with van der Waals surface area (Å²) in [6.07, 6.45) is 0.323.